The third kappa shape index (κ3) is 1.43. The minimum absolute atomic E-state index is 0.870. The van der Waals surface area contributed by atoms with E-state index in [1.165, 1.54) is 17.5 Å². The summed E-state index contributed by atoms with van der Waals surface area (Å²) in [6.07, 6.45) is 11.2. The van der Waals surface area contributed by atoms with Crippen molar-refractivity contribution in [2.75, 3.05) is 0 Å². The van der Waals surface area contributed by atoms with Gasteiger partial charge < -0.3 is 0 Å². The van der Waals surface area contributed by atoms with Gasteiger partial charge in [-0.1, -0.05) is 54.1 Å². The van der Waals surface area contributed by atoms with Gasteiger partial charge in [-0.15, -0.1) is 0 Å². The van der Waals surface area contributed by atoms with Crippen LogP contribution in [-0.4, -0.2) is 0 Å². The molecule has 0 heterocycles. The Hall–Kier alpha value is -1.30. The quantitative estimate of drug-likeness (QED) is 0.661. The average Bonchev–Trinajstić information content (AvgIpc) is 2.74. The molecule has 0 saturated heterocycles. The van der Waals surface area contributed by atoms with Crippen molar-refractivity contribution in [3.8, 4) is 0 Å². The SMILES string of the molecule is Cc1ccc(/C=C/C2[C@@H]3[C@H]2[C@H]2C=C[C@@H]3C2)cc1. The standard InChI is InChI=1S/C17H18/c1-11-2-4-12(5-3-11)6-9-15-16-13-7-8-14(10-13)17(15)16/h2-9,13-17H,10H2,1H3/b9-6+/t13-,14+,15?,16-,17+. The average molecular weight is 222 g/mol. The smallest absolute Gasteiger partial charge is 0.0156 e. The highest BCUT2D eigenvalue weighted by Gasteiger charge is 2.61. The number of allylic oxidation sites excluding steroid dienone is 3. The molecule has 2 saturated carbocycles. The number of hydrogen-bond donors (Lipinski definition) is 0. The van der Waals surface area contributed by atoms with Gasteiger partial charge in [-0.3, -0.25) is 0 Å². The van der Waals surface area contributed by atoms with Crippen LogP contribution in [-0.2, 0) is 0 Å². The molecule has 86 valence electrons. The van der Waals surface area contributed by atoms with E-state index in [4.69, 9.17) is 0 Å². The van der Waals surface area contributed by atoms with Gasteiger partial charge in [0, 0.05) is 0 Å². The summed E-state index contributed by atoms with van der Waals surface area (Å²) in [4.78, 5) is 0. The molecule has 0 radical (unpaired) electrons. The lowest BCUT2D eigenvalue weighted by molar-refractivity contribution is 0.530. The molecule has 3 aliphatic carbocycles. The molecule has 0 N–H and O–H groups in total. The predicted octanol–water partition coefficient (Wildman–Crippen LogP) is 4.08. The van der Waals surface area contributed by atoms with Crippen LogP contribution in [0.25, 0.3) is 6.08 Å². The molecule has 17 heavy (non-hydrogen) atoms. The molecule has 4 rings (SSSR count). The first kappa shape index (κ1) is 9.70. The highest BCUT2D eigenvalue weighted by atomic mass is 14.7. The van der Waals surface area contributed by atoms with E-state index < -0.39 is 0 Å². The maximum atomic E-state index is 2.46. The van der Waals surface area contributed by atoms with Crippen LogP contribution >= 0.6 is 0 Å². The van der Waals surface area contributed by atoms with Gasteiger partial charge in [0.05, 0.1) is 0 Å². The van der Waals surface area contributed by atoms with Crippen LogP contribution in [0.4, 0.5) is 0 Å². The second-order valence-electron chi connectivity index (χ2n) is 5.95. The largest absolute Gasteiger partial charge is 0.0848 e. The summed E-state index contributed by atoms with van der Waals surface area (Å²) in [6.45, 7) is 2.14. The third-order valence-corrected chi connectivity index (χ3v) is 4.92. The van der Waals surface area contributed by atoms with Crippen LogP contribution in [0.5, 0.6) is 0 Å². The van der Waals surface area contributed by atoms with E-state index in [2.05, 4.69) is 55.5 Å². The van der Waals surface area contributed by atoms with Crippen molar-refractivity contribution in [2.24, 2.45) is 29.6 Å². The normalized spacial score (nSPS) is 41.1. The van der Waals surface area contributed by atoms with Gasteiger partial charge in [0.2, 0.25) is 0 Å². The van der Waals surface area contributed by atoms with E-state index in [1.54, 1.807) is 0 Å². The molecule has 1 aromatic carbocycles. The van der Waals surface area contributed by atoms with Crippen molar-refractivity contribution < 1.29 is 0 Å². The fourth-order valence-electron chi connectivity index (χ4n) is 4.01. The van der Waals surface area contributed by atoms with Gasteiger partial charge >= 0.3 is 0 Å². The van der Waals surface area contributed by atoms with Crippen LogP contribution in [0.15, 0.2) is 42.5 Å². The van der Waals surface area contributed by atoms with E-state index in [1.807, 2.05) is 0 Å². The van der Waals surface area contributed by atoms with E-state index in [-0.39, 0.29) is 0 Å². The summed E-state index contributed by atoms with van der Waals surface area (Å²) in [5.74, 6) is 4.68. The van der Waals surface area contributed by atoms with Gasteiger partial charge in [0.15, 0.2) is 0 Å². The van der Waals surface area contributed by atoms with Gasteiger partial charge in [0.25, 0.3) is 0 Å². The molecule has 3 aliphatic rings. The number of rotatable bonds is 2. The second kappa shape index (κ2) is 3.35. The predicted molar refractivity (Wildman–Crippen MR) is 71.4 cm³/mol. The van der Waals surface area contributed by atoms with E-state index >= 15 is 0 Å². The van der Waals surface area contributed by atoms with Crippen molar-refractivity contribution in [1.82, 2.24) is 0 Å². The molecule has 0 aliphatic heterocycles. The first-order chi connectivity index (χ1) is 8.33. The van der Waals surface area contributed by atoms with Crippen LogP contribution in [0.2, 0.25) is 0 Å². The van der Waals surface area contributed by atoms with Crippen LogP contribution in [0.3, 0.4) is 0 Å². The Morgan fingerprint density at radius 2 is 1.65 bits per heavy atom. The van der Waals surface area contributed by atoms with E-state index in [0.717, 1.165) is 29.6 Å². The Morgan fingerprint density at radius 1 is 1.00 bits per heavy atom. The Balaban J connectivity index is 1.48. The zero-order valence-corrected chi connectivity index (χ0v) is 10.2. The zero-order valence-electron chi connectivity index (χ0n) is 10.2. The Kier molecular flexibility index (Phi) is 1.91. The van der Waals surface area contributed by atoms with Gasteiger partial charge in [-0.2, -0.15) is 0 Å². The first-order valence-corrected chi connectivity index (χ1v) is 6.76. The summed E-state index contributed by atoms with van der Waals surface area (Å²) in [6, 6.07) is 8.82. The first-order valence-electron chi connectivity index (χ1n) is 6.76. The Bertz CT molecular complexity index is 473. The Morgan fingerprint density at radius 3 is 2.29 bits per heavy atom. The number of fused-ring (bicyclic) bond motifs is 5. The van der Waals surface area contributed by atoms with E-state index in [9.17, 15) is 0 Å². The molecule has 0 spiro atoms. The lowest BCUT2D eigenvalue weighted by Gasteiger charge is -2.04. The number of benzene rings is 1. The molecule has 2 fully saturated rings. The molecule has 0 aromatic heterocycles. The molecule has 5 atom stereocenters. The molecule has 1 aromatic rings. The third-order valence-electron chi connectivity index (χ3n) is 4.92. The molecule has 1 unspecified atom stereocenters. The van der Waals surface area contributed by atoms with Crippen LogP contribution in [0, 0.1) is 36.5 Å². The fraction of sp³-hybridized carbons (Fsp3) is 0.412. The minimum atomic E-state index is 0.870. The molecule has 2 bridgehead atoms. The molecular formula is C17H18. The summed E-state index contributed by atoms with van der Waals surface area (Å²) < 4.78 is 0. The highest BCUT2D eigenvalue weighted by molar-refractivity contribution is 5.51. The Labute approximate surface area is 103 Å². The van der Waals surface area contributed by atoms with Gasteiger partial charge in [-0.05, 0) is 48.5 Å². The topological polar surface area (TPSA) is 0 Å². The number of hydrogen-bond acceptors (Lipinski definition) is 0. The van der Waals surface area contributed by atoms with Crippen molar-refractivity contribution in [3.05, 3.63) is 53.6 Å². The van der Waals surface area contributed by atoms with Crippen molar-refractivity contribution in [3.63, 3.8) is 0 Å². The van der Waals surface area contributed by atoms with Crippen LogP contribution in [0.1, 0.15) is 17.5 Å². The zero-order chi connectivity index (χ0) is 11.4. The number of aryl methyl sites for hydroxylation is 1. The van der Waals surface area contributed by atoms with Crippen molar-refractivity contribution in [2.45, 2.75) is 13.3 Å². The van der Waals surface area contributed by atoms with Crippen molar-refractivity contribution >= 4 is 6.08 Å². The molecule has 0 nitrogen and oxygen atoms in total. The van der Waals surface area contributed by atoms with Gasteiger partial charge in [-0.25, -0.2) is 0 Å². The summed E-state index contributed by atoms with van der Waals surface area (Å²) >= 11 is 0. The maximum absolute atomic E-state index is 2.46. The molecular weight excluding hydrogens is 204 g/mol. The lowest BCUT2D eigenvalue weighted by Crippen LogP contribution is -1.96. The summed E-state index contributed by atoms with van der Waals surface area (Å²) in [5.41, 5.74) is 2.69. The second-order valence-corrected chi connectivity index (χ2v) is 5.95. The lowest BCUT2D eigenvalue weighted by atomic mass is 10.0. The fourth-order valence-corrected chi connectivity index (χ4v) is 4.01. The highest BCUT2D eigenvalue weighted by Crippen LogP contribution is 2.67. The molecule has 0 heteroatoms. The van der Waals surface area contributed by atoms with E-state index in [0.29, 0.717) is 0 Å². The minimum Gasteiger partial charge on any atom is -0.0848 e. The van der Waals surface area contributed by atoms with Crippen LogP contribution < -0.4 is 0 Å². The molecule has 0 amide bonds. The monoisotopic (exact) mass is 222 g/mol. The van der Waals surface area contributed by atoms with Crippen molar-refractivity contribution in [1.29, 1.82) is 0 Å². The van der Waals surface area contributed by atoms with Gasteiger partial charge in [0.1, 0.15) is 0 Å². The maximum Gasteiger partial charge on any atom is -0.0156 e. The summed E-state index contributed by atoms with van der Waals surface area (Å²) in [5, 5.41) is 0. The summed E-state index contributed by atoms with van der Waals surface area (Å²) in [7, 11) is 0.